The minimum Gasteiger partial charge on any atom is -0.494 e. The van der Waals surface area contributed by atoms with Gasteiger partial charge >= 0.3 is 0 Å². The fourth-order valence-corrected chi connectivity index (χ4v) is 4.66. The fourth-order valence-electron chi connectivity index (χ4n) is 4.66. The van der Waals surface area contributed by atoms with Crippen LogP contribution >= 0.6 is 0 Å². The summed E-state index contributed by atoms with van der Waals surface area (Å²) in [6, 6.07) is 17.5. The summed E-state index contributed by atoms with van der Waals surface area (Å²) in [4.78, 5) is 35.0. The van der Waals surface area contributed by atoms with E-state index < -0.39 is 0 Å². The number of amides is 2. The molecule has 2 aromatic carbocycles. The molecule has 0 bridgehead atoms. The van der Waals surface area contributed by atoms with Gasteiger partial charge in [-0.25, -0.2) is 4.98 Å². The summed E-state index contributed by atoms with van der Waals surface area (Å²) < 4.78 is 7.54. The van der Waals surface area contributed by atoms with Crippen molar-refractivity contribution in [3.8, 4) is 22.7 Å². The number of nitrogens with zero attached hydrogens (tertiary/aromatic N) is 4. The number of hydrogen-bond donors (Lipinski definition) is 1. The Balaban J connectivity index is 1.59. The van der Waals surface area contributed by atoms with E-state index in [2.05, 4.69) is 5.32 Å². The molecule has 0 spiro atoms. The number of nitrogens with one attached hydrogen (secondary N) is 1. The van der Waals surface area contributed by atoms with Crippen LogP contribution in [0.1, 0.15) is 32.6 Å². The van der Waals surface area contributed by atoms with Gasteiger partial charge in [0.2, 0.25) is 17.8 Å². The molecular formula is C29H37N5O3. The van der Waals surface area contributed by atoms with Crippen LogP contribution in [-0.2, 0) is 9.59 Å². The first-order valence-corrected chi connectivity index (χ1v) is 13.1. The Morgan fingerprint density at radius 1 is 1.05 bits per heavy atom. The van der Waals surface area contributed by atoms with Crippen LogP contribution in [0.4, 0.5) is 5.95 Å². The minimum absolute atomic E-state index is 0.00428. The van der Waals surface area contributed by atoms with Crippen molar-refractivity contribution in [2.45, 2.75) is 32.6 Å². The molecular weight excluding hydrogens is 466 g/mol. The molecule has 0 aliphatic heterocycles. The second-order valence-corrected chi connectivity index (χ2v) is 9.71. The molecule has 1 aromatic heterocycles. The maximum atomic E-state index is 13.3. The van der Waals surface area contributed by atoms with Gasteiger partial charge < -0.3 is 14.5 Å². The van der Waals surface area contributed by atoms with Crippen molar-refractivity contribution in [3.63, 3.8) is 0 Å². The SMILES string of the molecule is CCOc1cccc(-n2cc(-c3ccccc3)nc2NC(=O)CN(CCN(C)C)C(=O)C2CCCC2)c1. The van der Waals surface area contributed by atoms with E-state index in [0.29, 0.717) is 25.6 Å². The van der Waals surface area contributed by atoms with E-state index in [1.165, 1.54) is 0 Å². The molecule has 1 fully saturated rings. The second kappa shape index (κ2) is 12.5. The maximum Gasteiger partial charge on any atom is 0.246 e. The molecule has 37 heavy (non-hydrogen) atoms. The Kier molecular flexibility index (Phi) is 8.95. The zero-order valence-corrected chi connectivity index (χ0v) is 22.0. The zero-order valence-electron chi connectivity index (χ0n) is 22.0. The number of carbonyl (C=O) groups is 2. The van der Waals surface area contributed by atoms with Gasteiger partial charge in [-0.05, 0) is 46.0 Å². The Morgan fingerprint density at radius 2 is 1.81 bits per heavy atom. The quantitative estimate of drug-likeness (QED) is 0.418. The average Bonchev–Trinajstić information content (AvgIpc) is 3.58. The lowest BCUT2D eigenvalue weighted by molar-refractivity contribution is -0.138. The van der Waals surface area contributed by atoms with Crippen molar-refractivity contribution >= 4 is 17.8 Å². The normalized spacial score (nSPS) is 13.6. The van der Waals surface area contributed by atoms with Gasteiger partial charge in [-0.15, -0.1) is 0 Å². The van der Waals surface area contributed by atoms with Crippen LogP contribution in [0.5, 0.6) is 5.75 Å². The second-order valence-electron chi connectivity index (χ2n) is 9.71. The highest BCUT2D eigenvalue weighted by Crippen LogP contribution is 2.28. The van der Waals surface area contributed by atoms with E-state index in [4.69, 9.17) is 9.72 Å². The minimum atomic E-state index is -0.266. The Hall–Kier alpha value is -3.65. The van der Waals surface area contributed by atoms with Gasteiger partial charge in [0.25, 0.3) is 0 Å². The summed E-state index contributed by atoms with van der Waals surface area (Å²) >= 11 is 0. The van der Waals surface area contributed by atoms with E-state index in [1.807, 2.05) is 91.3 Å². The van der Waals surface area contributed by atoms with Crippen molar-refractivity contribution in [1.29, 1.82) is 0 Å². The topological polar surface area (TPSA) is 79.7 Å². The van der Waals surface area contributed by atoms with Crippen molar-refractivity contribution in [2.24, 2.45) is 5.92 Å². The summed E-state index contributed by atoms with van der Waals surface area (Å²) in [5.41, 5.74) is 2.51. The van der Waals surface area contributed by atoms with Crippen LogP contribution in [0.25, 0.3) is 16.9 Å². The van der Waals surface area contributed by atoms with E-state index in [1.54, 1.807) is 4.90 Å². The fraction of sp³-hybridized carbons (Fsp3) is 0.414. The van der Waals surface area contributed by atoms with Gasteiger partial charge in [0.05, 0.1) is 24.5 Å². The molecule has 0 saturated heterocycles. The lowest BCUT2D eigenvalue weighted by Crippen LogP contribution is -2.44. The third kappa shape index (κ3) is 6.98. The van der Waals surface area contributed by atoms with Crippen molar-refractivity contribution in [3.05, 3.63) is 60.8 Å². The standard InChI is InChI=1S/C29H37N5O3/c1-4-37-25-16-10-15-24(19-25)34-20-26(22-11-6-5-7-12-22)30-29(34)31-27(35)21-33(18-17-32(2)3)28(36)23-13-8-9-14-23/h5-7,10-12,15-16,19-20,23H,4,8-9,13-14,17-18,21H2,1-3H3,(H,30,31,35). The zero-order chi connectivity index (χ0) is 26.2. The Labute approximate surface area is 219 Å². The number of imidazole rings is 1. The van der Waals surface area contributed by atoms with Crippen LogP contribution in [0, 0.1) is 5.92 Å². The first-order valence-electron chi connectivity index (χ1n) is 13.1. The predicted octanol–water partition coefficient (Wildman–Crippen LogP) is 4.46. The average molecular weight is 504 g/mol. The van der Waals surface area contributed by atoms with Crippen molar-refractivity contribution in [2.75, 3.05) is 45.7 Å². The molecule has 1 saturated carbocycles. The predicted molar refractivity (Wildman–Crippen MR) is 146 cm³/mol. The van der Waals surface area contributed by atoms with Crippen molar-refractivity contribution in [1.82, 2.24) is 19.4 Å². The van der Waals surface area contributed by atoms with Crippen LogP contribution in [0.3, 0.4) is 0 Å². The molecule has 0 atom stereocenters. The van der Waals surface area contributed by atoms with Gasteiger partial charge in [0.15, 0.2) is 0 Å². The van der Waals surface area contributed by atoms with E-state index in [0.717, 1.165) is 48.4 Å². The first kappa shape index (κ1) is 26.4. The molecule has 1 heterocycles. The van der Waals surface area contributed by atoms with Gasteiger partial charge in [0, 0.05) is 36.8 Å². The molecule has 8 nitrogen and oxygen atoms in total. The summed E-state index contributed by atoms with van der Waals surface area (Å²) in [6.45, 7) is 3.70. The van der Waals surface area contributed by atoms with Gasteiger partial charge in [0.1, 0.15) is 5.75 Å². The van der Waals surface area contributed by atoms with E-state index >= 15 is 0 Å². The molecule has 3 aromatic rings. The molecule has 1 aliphatic rings. The molecule has 1 aliphatic carbocycles. The smallest absolute Gasteiger partial charge is 0.246 e. The molecule has 0 radical (unpaired) electrons. The number of hydrogen-bond acceptors (Lipinski definition) is 5. The third-order valence-corrected chi connectivity index (χ3v) is 6.60. The summed E-state index contributed by atoms with van der Waals surface area (Å²) in [5, 5.41) is 2.98. The highest BCUT2D eigenvalue weighted by atomic mass is 16.5. The van der Waals surface area contributed by atoms with Gasteiger partial charge in [-0.3, -0.25) is 19.5 Å². The third-order valence-electron chi connectivity index (χ3n) is 6.60. The number of rotatable bonds is 11. The Bertz CT molecular complexity index is 1190. The highest BCUT2D eigenvalue weighted by Gasteiger charge is 2.28. The first-order chi connectivity index (χ1) is 17.9. The van der Waals surface area contributed by atoms with Crippen LogP contribution in [-0.4, -0.2) is 71.5 Å². The maximum absolute atomic E-state index is 13.3. The highest BCUT2D eigenvalue weighted by molar-refractivity contribution is 5.94. The largest absolute Gasteiger partial charge is 0.494 e. The number of carbonyl (C=O) groups excluding carboxylic acids is 2. The summed E-state index contributed by atoms with van der Waals surface area (Å²) in [7, 11) is 3.94. The molecule has 4 rings (SSSR count). The monoisotopic (exact) mass is 503 g/mol. The lowest BCUT2D eigenvalue weighted by atomic mass is 10.1. The molecule has 2 amide bonds. The number of likely N-dealkylation sites (N-methyl/N-ethyl adjacent to an activating group) is 1. The summed E-state index contributed by atoms with van der Waals surface area (Å²) in [5.74, 6) is 0.968. The van der Waals surface area contributed by atoms with Gasteiger partial charge in [-0.2, -0.15) is 0 Å². The van der Waals surface area contributed by atoms with E-state index in [-0.39, 0.29) is 24.3 Å². The molecule has 196 valence electrons. The molecule has 1 N–H and O–H groups in total. The summed E-state index contributed by atoms with van der Waals surface area (Å²) in [6.07, 6.45) is 5.86. The Morgan fingerprint density at radius 3 is 2.51 bits per heavy atom. The van der Waals surface area contributed by atoms with Crippen LogP contribution in [0.15, 0.2) is 60.8 Å². The molecule has 0 unspecified atom stereocenters. The van der Waals surface area contributed by atoms with Gasteiger partial charge in [-0.1, -0.05) is 49.2 Å². The molecule has 8 heteroatoms. The van der Waals surface area contributed by atoms with Crippen LogP contribution in [0.2, 0.25) is 0 Å². The number of ether oxygens (including phenoxy) is 1. The van der Waals surface area contributed by atoms with E-state index in [9.17, 15) is 9.59 Å². The number of benzene rings is 2. The van der Waals surface area contributed by atoms with Crippen LogP contribution < -0.4 is 10.1 Å². The number of aromatic nitrogens is 2. The lowest BCUT2D eigenvalue weighted by Gasteiger charge is -2.26. The number of anilines is 1. The van der Waals surface area contributed by atoms with Crippen molar-refractivity contribution < 1.29 is 14.3 Å².